The van der Waals surface area contributed by atoms with Crippen molar-refractivity contribution in [1.29, 1.82) is 0 Å². The van der Waals surface area contributed by atoms with Crippen LogP contribution in [0, 0.1) is 0 Å². The highest BCUT2D eigenvalue weighted by atomic mass is 35.5. The Bertz CT molecular complexity index is 463. The minimum atomic E-state index is -0.0586. The van der Waals surface area contributed by atoms with Crippen LogP contribution in [0.2, 0.25) is 0 Å². The lowest BCUT2D eigenvalue weighted by Crippen LogP contribution is -2.37. The van der Waals surface area contributed by atoms with Crippen LogP contribution in [0.15, 0.2) is 12.4 Å². The fourth-order valence-corrected chi connectivity index (χ4v) is 2.70. The average Bonchev–Trinajstić information content (AvgIpc) is 2.75. The number of nitrogens with two attached hydrogens (primary N) is 1. The molecule has 1 aliphatic rings. The molecule has 0 aliphatic carbocycles. The summed E-state index contributed by atoms with van der Waals surface area (Å²) >= 11 is 0. The summed E-state index contributed by atoms with van der Waals surface area (Å²) in [7, 11) is 0. The SMILES string of the molecule is CCn1cc(CN2CCCN(C(=O)CC(C)N)CC2)cn1.Cl. The van der Waals surface area contributed by atoms with Gasteiger partial charge in [0.15, 0.2) is 0 Å². The first-order valence-corrected chi connectivity index (χ1v) is 7.85. The number of hydrogen-bond acceptors (Lipinski definition) is 4. The summed E-state index contributed by atoms with van der Waals surface area (Å²) in [5, 5.41) is 4.31. The largest absolute Gasteiger partial charge is 0.341 e. The van der Waals surface area contributed by atoms with Crippen LogP contribution in [0.3, 0.4) is 0 Å². The van der Waals surface area contributed by atoms with E-state index in [0.717, 1.165) is 45.7 Å². The third kappa shape index (κ3) is 5.59. The van der Waals surface area contributed by atoms with Crippen molar-refractivity contribution < 1.29 is 4.79 Å². The van der Waals surface area contributed by atoms with E-state index >= 15 is 0 Å². The van der Waals surface area contributed by atoms with E-state index in [2.05, 4.69) is 23.1 Å². The van der Waals surface area contributed by atoms with Gasteiger partial charge in [0.25, 0.3) is 0 Å². The second-order valence-electron chi connectivity index (χ2n) is 5.90. The molecule has 6 nitrogen and oxygen atoms in total. The first kappa shape index (κ1) is 18.9. The highest BCUT2D eigenvalue weighted by molar-refractivity contribution is 5.85. The number of halogens is 1. The summed E-state index contributed by atoms with van der Waals surface area (Å²) in [6.45, 7) is 9.37. The monoisotopic (exact) mass is 329 g/mol. The van der Waals surface area contributed by atoms with Crippen molar-refractivity contribution in [3.05, 3.63) is 18.0 Å². The van der Waals surface area contributed by atoms with Crippen LogP contribution < -0.4 is 5.73 Å². The summed E-state index contributed by atoms with van der Waals surface area (Å²) in [5.74, 6) is 0.186. The Balaban J connectivity index is 0.00000242. The van der Waals surface area contributed by atoms with Crippen molar-refractivity contribution >= 4 is 18.3 Å². The van der Waals surface area contributed by atoms with Gasteiger partial charge in [0.1, 0.15) is 0 Å². The standard InChI is InChI=1S/C15H27N5O.ClH/c1-3-20-12-14(10-17-20)11-18-5-4-6-19(8-7-18)15(21)9-13(2)16;/h10,12-13H,3-9,11,16H2,1-2H3;1H. The Hall–Kier alpha value is -1.11. The Labute approximate surface area is 139 Å². The number of rotatable bonds is 5. The van der Waals surface area contributed by atoms with Gasteiger partial charge in [-0.05, 0) is 20.3 Å². The Morgan fingerprint density at radius 2 is 2.14 bits per heavy atom. The molecule has 7 heteroatoms. The molecule has 0 saturated carbocycles. The number of carbonyl (C=O) groups excluding carboxylic acids is 1. The minimum absolute atomic E-state index is 0. The van der Waals surface area contributed by atoms with Gasteiger partial charge in [-0.1, -0.05) is 0 Å². The molecule has 1 saturated heterocycles. The molecule has 1 amide bonds. The number of aryl methyl sites for hydroxylation is 1. The van der Waals surface area contributed by atoms with Crippen LogP contribution in [0.5, 0.6) is 0 Å². The van der Waals surface area contributed by atoms with Gasteiger partial charge in [-0.25, -0.2) is 0 Å². The van der Waals surface area contributed by atoms with E-state index in [1.54, 1.807) is 0 Å². The molecule has 2 N–H and O–H groups in total. The molecule has 2 heterocycles. The van der Waals surface area contributed by atoms with Crippen molar-refractivity contribution in [3.8, 4) is 0 Å². The number of amides is 1. The van der Waals surface area contributed by atoms with Crippen LogP contribution in [0.1, 0.15) is 32.3 Å². The van der Waals surface area contributed by atoms with Crippen molar-refractivity contribution in [3.63, 3.8) is 0 Å². The lowest BCUT2D eigenvalue weighted by Gasteiger charge is -2.22. The zero-order valence-electron chi connectivity index (χ0n) is 13.6. The molecule has 1 atom stereocenters. The Morgan fingerprint density at radius 1 is 1.36 bits per heavy atom. The topological polar surface area (TPSA) is 67.4 Å². The quantitative estimate of drug-likeness (QED) is 0.878. The van der Waals surface area contributed by atoms with Gasteiger partial charge in [-0.2, -0.15) is 5.10 Å². The molecule has 1 fully saturated rings. The molecular weight excluding hydrogens is 302 g/mol. The zero-order chi connectivity index (χ0) is 15.2. The summed E-state index contributed by atoms with van der Waals surface area (Å²) in [6, 6.07) is -0.0586. The molecule has 0 spiro atoms. The molecule has 1 unspecified atom stereocenters. The van der Waals surface area contributed by atoms with Crippen molar-refractivity contribution in [1.82, 2.24) is 19.6 Å². The van der Waals surface area contributed by atoms with E-state index < -0.39 is 0 Å². The predicted molar refractivity (Wildman–Crippen MR) is 89.9 cm³/mol. The van der Waals surface area contributed by atoms with E-state index in [1.807, 2.05) is 22.7 Å². The summed E-state index contributed by atoms with van der Waals surface area (Å²) in [6.07, 6.45) is 5.51. The summed E-state index contributed by atoms with van der Waals surface area (Å²) < 4.78 is 1.95. The molecule has 1 aromatic heterocycles. The fourth-order valence-electron chi connectivity index (χ4n) is 2.70. The molecular formula is C15H28ClN5O. The molecule has 0 bridgehead atoms. The molecule has 22 heavy (non-hydrogen) atoms. The molecule has 1 aliphatic heterocycles. The predicted octanol–water partition coefficient (Wildman–Crippen LogP) is 1.10. The maximum Gasteiger partial charge on any atom is 0.224 e. The molecule has 1 aromatic rings. The van der Waals surface area contributed by atoms with E-state index in [9.17, 15) is 4.79 Å². The number of aromatic nitrogens is 2. The second kappa shape index (κ2) is 9.12. The van der Waals surface area contributed by atoms with Gasteiger partial charge in [0.2, 0.25) is 5.91 Å². The van der Waals surface area contributed by atoms with Crippen LogP contribution in [-0.4, -0.2) is 57.7 Å². The lowest BCUT2D eigenvalue weighted by molar-refractivity contribution is -0.131. The molecule has 2 rings (SSSR count). The highest BCUT2D eigenvalue weighted by Crippen LogP contribution is 2.10. The number of hydrogen-bond donors (Lipinski definition) is 1. The van der Waals surface area contributed by atoms with Crippen molar-refractivity contribution in [2.45, 2.75) is 45.8 Å². The average molecular weight is 330 g/mol. The smallest absolute Gasteiger partial charge is 0.224 e. The van der Waals surface area contributed by atoms with Gasteiger partial charge >= 0.3 is 0 Å². The van der Waals surface area contributed by atoms with E-state index in [4.69, 9.17) is 5.73 Å². The van der Waals surface area contributed by atoms with Gasteiger partial charge in [0.05, 0.1) is 6.20 Å². The first-order chi connectivity index (χ1) is 10.1. The van der Waals surface area contributed by atoms with E-state index in [1.165, 1.54) is 5.56 Å². The molecule has 0 radical (unpaired) electrons. The maximum atomic E-state index is 12.1. The zero-order valence-corrected chi connectivity index (χ0v) is 14.4. The van der Waals surface area contributed by atoms with Crippen molar-refractivity contribution in [2.24, 2.45) is 5.73 Å². The van der Waals surface area contributed by atoms with Crippen LogP contribution in [0.25, 0.3) is 0 Å². The maximum absolute atomic E-state index is 12.1. The van der Waals surface area contributed by atoms with Gasteiger partial charge in [-0.3, -0.25) is 14.4 Å². The van der Waals surface area contributed by atoms with Crippen LogP contribution in [0.4, 0.5) is 0 Å². The normalized spacial score (nSPS) is 17.7. The summed E-state index contributed by atoms with van der Waals surface area (Å²) in [4.78, 5) is 16.4. The highest BCUT2D eigenvalue weighted by Gasteiger charge is 2.20. The first-order valence-electron chi connectivity index (χ1n) is 7.85. The number of carbonyl (C=O) groups is 1. The second-order valence-corrected chi connectivity index (χ2v) is 5.90. The third-order valence-electron chi connectivity index (χ3n) is 3.85. The third-order valence-corrected chi connectivity index (χ3v) is 3.85. The number of nitrogens with zero attached hydrogens (tertiary/aromatic N) is 4. The van der Waals surface area contributed by atoms with Crippen LogP contribution >= 0.6 is 12.4 Å². The fraction of sp³-hybridized carbons (Fsp3) is 0.733. The molecule has 0 aromatic carbocycles. The van der Waals surface area contributed by atoms with Crippen molar-refractivity contribution in [2.75, 3.05) is 26.2 Å². The van der Waals surface area contributed by atoms with E-state index in [-0.39, 0.29) is 24.4 Å². The summed E-state index contributed by atoms with van der Waals surface area (Å²) in [5.41, 5.74) is 6.96. The van der Waals surface area contributed by atoms with Gasteiger partial charge in [0, 0.05) is 63.5 Å². The lowest BCUT2D eigenvalue weighted by atomic mass is 10.2. The van der Waals surface area contributed by atoms with Crippen LogP contribution in [-0.2, 0) is 17.9 Å². The Morgan fingerprint density at radius 3 is 2.77 bits per heavy atom. The Kier molecular flexibility index (Phi) is 7.85. The van der Waals surface area contributed by atoms with Gasteiger partial charge in [-0.15, -0.1) is 12.4 Å². The van der Waals surface area contributed by atoms with E-state index in [0.29, 0.717) is 6.42 Å². The minimum Gasteiger partial charge on any atom is -0.341 e. The molecule has 126 valence electrons. The van der Waals surface area contributed by atoms with Gasteiger partial charge < -0.3 is 10.6 Å².